The van der Waals surface area contributed by atoms with E-state index < -0.39 is 10.8 Å². The van der Waals surface area contributed by atoms with Gasteiger partial charge in [-0.15, -0.1) is 0 Å². The highest BCUT2D eigenvalue weighted by molar-refractivity contribution is 9.10. The Balaban J connectivity index is 1.67. The Kier molecular flexibility index (Phi) is 4.26. The molecule has 3 fully saturated rings. The average molecular weight is 423 g/mol. The zero-order valence-corrected chi connectivity index (χ0v) is 17.7. The molecule has 0 heterocycles. The van der Waals surface area contributed by atoms with Crippen LogP contribution in [0.5, 0.6) is 0 Å². The maximum Gasteiger partial charge on any atom is 0.317 e. The number of carbonyl (C=O) groups is 2. The number of rotatable bonds is 2. The minimum atomic E-state index is -0.721. The van der Waals surface area contributed by atoms with Gasteiger partial charge >= 0.3 is 5.97 Å². The standard InChI is InChI=1S/C22H31BrO3/c1-20-9-6-14(24)12-13(20)4-5-15-16(20)7-10-21(2)17(15)8-11-22(21,3)18(23)19(25)26/h6,9,13,15-18H,4-5,7-8,10-12H2,1-3H3,(H,25,26)/t13-,15-,16+,17+,18-,20+,21+,22-/m1/s1. The van der Waals surface area contributed by atoms with Gasteiger partial charge in [0.2, 0.25) is 0 Å². The van der Waals surface area contributed by atoms with Crippen molar-refractivity contribution < 1.29 is 14.7 Å². The van der Waals surface area contributed by atoms with E-state index in [4.69, 9.17) is 0 Å². The first-order valence-corrected chi connectivity index (χ1v) is 11.1. The topological polar surface area (TPSA) is 54.4 Å². The summed E-state index contributed by atoms with van der Waals surface area (Å²) < 4.78 is 0. The van der Waals surface area contributed by atoms with Gasteiger partial charge in [0.15, 0.2) is 5.78 Å². The molecule has 0 saturated heterocycles. The third kappa shape index (κ3) is 2.29. The highest BCUT2D eigenvalue weighted by atomic mass is 79.9. The van der Waals surface area contributed by atoms with E-state index in [1.54, 1.807) is 0 Å². The summed E-state index contributed by atoms with van der Waals surface area (Å²) >= 11 is 3.53. The van der Waals surface area contributed by atoms with Gasteiger partial charge in [0.25, 0.3) is 0 Å². The zero-order chi connectivity index (χ0) is 18.9. The van der Waals surface area contributed by atoms with Crippen molar-refractivity contribution in [1.29, 1.82) is 0 Å². The maximum atomic E-state index is 11.9. The highest BCUT2D eigenvalue weighted by Crippen LogP contribution is 2.71. The summed E-state index contributed by atoms with van der Waals surface area (Å²) in [4.78, 5) is 23.2. The molecule has 4 rings (SSSR count). The molecule has 0 radical (unpaired) electrons. The number of halogens is 1. The fourth-order valence-electron chi connectivity index (χ4n) is 7.63. The maximum absolute atomic E-state index is 11.9. The van der Waals surface area contributed by atoms with Crippen LogP contribution in [-0.4, -0.2) is 21.7 Å². The first-order valence-electron chi connectivity index (χ1n) is 10.2. The SMILES string of the molecule is C[C@]12C=CC(=O)C[C@H]1CC[C@@H]1[C@@H]2CC[C@@]2(C)[C@H]1CC[C@]2(C)[C@H](Br)C(=O)O. The van der Waals surface area contributed by atoms with Gasteiger partial charge < -0.3 is 5.11 Å². The monoisotopic (exact) mass is 422 g/mol. The molecule has 0 aromatic rings. The van der Waals surface area contributed by atoms with Crippen molar-refractivity contribution >= 4 is 27.7 Å². The second-order valence-electron chi connectivity index (χ2n) is 10.1. The largest absolute Gasteiger partial charge is 0.480 e. The van der Waals surface area contributed by atoms with E-state index in [1.807, 2.05) is 6.08 Å². The summed E-state index contributed by atoms with van der Waals surface area (Å²) in [7, 11) is 0. The van der Waals surface area contributed by atoms with Gasteiger partial charge in [-0.1, -0.05) is 42.8 Å². The third-order valence-corrected chi connectivity index (χ3v) is 10.9. The van der Waals surface area contributed by atoms with Crippen molar-refractivity contribution in [2.45, 2.75) is 70.5 Å². The second-order valence-corrected chi connectivity index (χ2v) is 11.0. The summed E-state index contributed by atoms with van der Waals surface area (Å²) in [6, 6.07) is 0. The summed E-state index contributed by atoms with van der Waals surface area (Å²) in [6.07, 6.45) is 11.6. The van der Waals surface area contributed by atoms with E-state index in [0.29, 0.717) is 29.5 Å². The van der Waals surface area contributed by atoms with E-state index in [1.165, 1.54) is 6.42 Å². The van der Waals surface area contributed by atoms with E-state index in [2.05, 4.69) is 42.8 Å². The van der Waals surface area contributed by atoms with Crippen molar-refractivity contribution in [3.05, 3.63) is 12.2 Å². The lowest BCUT2D eigenvalue weighted by Gasteiger charge is -2.60. The number of carboxylic acids is 1. The smallest absolute Gasteiger partial charge is 0.317 e. The molecular weight excluding hydrogens is 392 g/mol. The summed E-state index contributed by atoms with van der Waals surface area (Å²) in [6.45, 7) is 6.96. The van der Waals surface area contributed by atoms with E-state index >= 15 is 0 Å². The molecule has 4 aliphatic carbocycles. The zero-order valence-electron chi connectivity index (χ0n) is 16.1. The molecule has 3 nitrogen and oxygen atoms in total. The van der Waals surface area contributed by atoms with Crippen LogP contribution in [0.4, 0.5) is 0 Å². The fourth-order valence-corrected chi connectivity index (χ4v) is 8.38. The molecule has 3 saturated carbocycles. The van der Waals surface area contributed by atoms with E-state index in [0.717, 1.165) is 38.5 Å². The van der Waals surface area contributed by atoms with Crippen LogP contribution in [0.1, 0.15) is 65.7 Å². The van der Waals surface area contributed by atoms with Crippen molar-refractivity contribution in [3.8, 4) is 0 Å². The molecule has 26 heavy (non-hydrogen) atoms. The van der Waals surface area contributed by atoms with Crippen molar-refractivity contribution in [2.24, 2.45) is 39.9 Å². The number of fused-ring (bicyclic) bond motifs is 5. The molecule has 0 amide bonds. The van der Waals surface area contributed by atoms with Gasteiger partial charge in [0, 0.05) is 6.42 Å². The number of alkyl halides is 1. The average Bonchev–Trinajstić information content (AvgIpc) is 2.87. The van der Waals surface area contributed by atoms with Crippen LogP contribution in [0.3, 0.4) is 0 Å². The first kappa shape index (κ1) is 18.7. The van der Waals surface area contributed by atoms with E-state index in [9.17, 15) is 14.7 Å². The van der Waals surface area contributed by atoms with Crippen molar-refractivity contribution in [3.63, 3.8) is 0 Å². The number of ketones is 1. The molecule has 0 unspecified atom stereocenters. The lowest BCUT2D eigenvalue weighted by molar-refractivity contribution is -0.143. The third-order valence-electron chi connectivity index (χ3n) is 9.49. The van der Waals surface area contributed by atoms with Crippen LogP contribution < -0.4 is 0 Å². The Hall–Kier alpha value is -0.640. The van der Waals surface area contributed by atoms with Gasteiger partial charge in [0.1, 0.15) is 4.83 Å². The molecule has 0 spiro atoms. The van der Waals surface area contributed by atoms with Crippen LogP contribution in [0, 0.1) is 39.9 Å². The molecular formula is C22H31BrO3. The Morgan fingerprint density at radius 1 is 1.15 bits per heavy atom. The highest BCUT2D eigenvalue weighted by Gasteiger charge is 2.65. The summed E-state index contributed by atoms with van der Waals surface area (Å²) in [5.41, 5.74) is 0.0421. The quantitative estimate of drug-likeness (QED) is 0.619. The molecule has 4 heteroatoms. The number of carbonyl (C=O) groups excluding carboxylic acids is 1. The molecule has 144 valence electrons. The van der Waals surface area contributed by atoms with Crippen LogP contribution in [0.15, 0.2) is 12.2 Å². The molecule has 8 atom stereocenters. The number of hydrogen-bond donors (Lipinski definition) is 1. The summed E-state index contributed by atoms with van der Waals surface area (Å²) in [5, 5.41) is 9.68. The minimum absolute atomic E-state index is 0.0815. The second kappa shape index (κ2) is 5.93. The predicted octanol–water partition coefficient (Wildman–Crippen LogP) is 5.23. The predicted molar refractivity (Wildman–Crippen MR) is 105 cm³/mol. The number of allylic oxidation sites excluding steroid dienone is 2. The van der Waals surface area contributed by atoms with Gasteiger partial charge in [-0.05, 0) is 84.5 Å². The van der Waals surface area contributed by atoms with Crippen LogP contribution in [-0.2, 0) is 9.59 Å². The Morgan fingerprint density at radius 3 is 2.54 bits per heavy atom. The molecule has 4 aliphatic rings. The van der Waals surface area contributed by atoms with Crippen molar-refractivity contribution in [2.75, 3.05) is 0 Å². The lowest BCUT2D eigenvalue weighted by Crippen LogP contribution is -2.55. The van der Waals surface area contributed by atoms with Crippen LogP contribution in [0.25, 0.3) is 0 Å². The Labute approximate surface area is 165 Å². The van der Waals surface area contributed by atoms with Gasteiger partial charge in [-0.25, -0.2) is 0 Å². The molecule has 0 aromatic heterocycles. The Morgan fingerprint density at radius 2 is 1.85 bits per heavy atom. The number of hydrogen-bond acceptors (Lipinski definition) is 2. The number of aliphatic carboxylic acids is 1. The first-order chi connectivity index (χ1) is 12.1. The normalized spacial score (nSPS) is 51.3. The fraction of sp³-hybridized carbons (Fsp3) is 0.818. The van der Waals surface area contributed by atoms with Gasteiger partial charge in [-0.3, -0.25) is 9.59 Å². The van der Waals surface area contributed by atoms with Gasteiger partial charge in [0.05, 0.1) is 0 Å². The Bertz CT molecular complexity index is 672. The lowest BCUT2D eigenvalue weighted by atomic mass is 9.44. The molecule has 0 aliphatic heterocycles. The minimum Gasteiger partial charge on any atom is -0.480 e. The number of carboxylic acid groups (broad SMARTS) is 1. The van der Waals surface area contributed by atoms with Crippen LogP contribution >= 0.6 is 15.9 Å². The van der Waals surface area contributed by atoms with E-state index in [-0.39, 0.29) is 16.2 Å². The summed E-state index contributed by atoms with van der Waals surface area (Å²) in [5.74, 6) is 1.99. The van der Waals surface area contributed by atoms with Gasteiger partial charge in [-0.2, -0.15) is 0 Å². The van der Waals surface area contributed by atoms with Crippen LogP contribution in [0.2, 0.25) is 0 Å². The molecule has 0 bridgehead atoms. The molecule has 0 aromatic carbocycles. The van der Waals surface area contributed by atoms with Crippen molar-refractivity contribution in [1.82, 2.24) is 0 Å². The molecule has 1 N–H and O–H groups in total.